The molecule has 2 rings (SSSR count). The Hall–Kier alpha value is -1.35. The lowest BCUT2D eigenvalue weighted by molar-refractivity contribution is 0.437. The molecule has 0 aliphatic carbocycles. The van der Waals surface area contributed by atoms with Crippen LogP contribution in [0.2, 0.25) is 0 Å². The minimum absolute atomic E-state index is 0.0346. The first kappa shape index (κ1) is 14.1. The molecule has 0 atom stereocenters. The summed E-state index contributed by atoms with van der Waals surface area (Å²) in [6.45, 7) is 8.55. The lowest BCUT2D eigenvalue weighted by atomic mass is 9.86. The summed E-state index contributed by atoms with van der Waals surface area (Å²) in [4.78, 5) is 4.29. The average Bonchev–Trinajstić information content (AvgIpc) is 2.34. The Morgan fingerprint density at radius 2 is 1.79 bits per heavy atom. The number of aromatic nitrogens is 1. The lowest BCUT2D eigenvalue weighted by Crippen LogP contribution is -2.12. The van der Waals surface area contributed by atoms with Gasteiger partial charge in [0.05, 0.1) is 4.47 Å². The van der Waals surface area contributed by atoms with Crippen molar-refractivity contribution in [2.24, 2.45) is 0 Å². The number of aryl methyl sites for hydroxylation is 1. The second kappa shape index (κ2) is 5.33. The SMILES string of the molecule is Cc1ccnc(Oc2ccccc2C(C)(C)C)c1Br. The molecule has 0 saturated heterocycles. The topological polar surface area (TPSA) is 22.1 Å². The molecule has 0 N–H and O–H groups in total. The minimum atomic E-state index is 0.0346. The highest BCUT2D eigenvalue weighted by Gasteiger charge is 2.19. The fourth-order valence-electron chi connectivity index (χ4n) is 1.87. The molecule has 0 bridgehead atoms. The molecule has 2 aromatic rings. The highest BCUT2D eigenvalue weighted by atomic mass is 79.9. The summed E-state index contributed by atoms with van der Waals surface area (Å²) >= 11 is 3.53. The van der Waals surface area contributed by atoms with Crippen molar-refractivity contribution in [3.05, 3.63) is 52.1 Å². The van der Waals surface area contributed by atoms with Gasteiger partial charge in [-0.2, -0.15) is 0 Å². The van der Waals surface area contributed by atoms with Crippen molar-refractivity contribution >= 4 is 15.9 Å². The van der Waals surface area contributed by atoms with E-state index in [2.05, 4.69) is 47.8 Å². The van der Waals surface area contributed by atoms with Crippen LogP contribution in [-0.4, -0.2) is 4.98 Å². The predicted molar refractivity (Wildman–Crippen MR) is 81.9 cm³/mol. The number of hydrogen-bond donors (Lipinski definition) is 0. The summed E-state index contributed by atoms with van der Waals surface area (Å²) in [5.74, 6) is 1.46. The first-order valence-electron chi connectivity index (χ1n) is 6.28. The molecule has 0 saturated carbocycles. The second-order valence-electron chi connectivity index (χ2n) is 5.60. The Bertz CT molecular complexity index is 588. The van der Waals surface area contributed by atoms with Gasteiger partial charge < -0.3 is 4.74 Å². The number of nitrogens with zero attached hydrogens (tertiary/aromatic N) is 1. The van der Waals surface area contributed by atoms with Gasteiger partial charge in [0.1, 0.15) is 5.75 Å². The minimum Gasteiger partial charge on any atom is -0.438 e. The largest absolute Gasteiger partial charge is 0.438 e. The molecule has 0 amide bonds. The molecule has 19 heavy (non-hydrogen) atoms. The third kappa shape index (κ3) is 3.16. The summed E-state index contributed by atoms with van der Waals surface area (Å²) in [5, 5.41) is 0. The van der Waals surface area contributed by atoms with Gasteiger partial charge >= 0.3 is 0 Å². The van der Waals surface area contributed by atoms with Gasteiger partial charge in [-0.15, -0.1) is 0 Å². The normalized spacial score (nSPS) is 11.4. The molecular formula is C16H18BrNO. The van der Waals surface area contributed by atoms with E-state index in [9.17, 15) is 0 Å². The van der Waals surface area contributed by atoms with Gasteiger partial charge in [-0.05, 0) is 46.0 Å². The number of benzene rings is 1. The van der Waals surface area contributed by atoms with E-state index >= 15 is 0 Å². The number of rotatable bonds is 2. The van der Waals surface area contributed by atoms with Crippen molar-refractivity contribution in [2.45, 2.75) is 33.1 Å². The number of para-hydroxylation sites is 1. The fourth-order valence-corrected chi connectivity index (χ4v) is 2.18. The van der Waals surface area contributed by atoms with Gasteiger partial charge in [0.15, 0.2) is 0 Å². The maximum absolute atomic E-state index is 5.99. The maximum atomic E-state index is 5.99. The van der Waals surface area contributed by atoms with Crippen molar-refractivity contribution in [3.8, 4) is 11.6 Å². The standard InChI is InChI=1S/C16H18BrNO/c1-11-9-10-18-15(14(11)17)19-13-8-6-5-7-12(13)16(2,3)4/h5-10H,1-4H3. The van der Waals surface area contributed by atoms with Crippen LogP contribution < -0.4 is 4.74 Å². The van der Waals surface area contributed by atoms with Crippen LogP contribution >= 0.6 is 15.9 Å². The Balaban J connectivity index is 2.42. The molecule has 0 fully saturated rings. The molecule has 0 unspecified atom stereocenters. The van der Waals surface area contributed by atoms with Crippen LogP contribution in [0.5, 0.6) is 11.6 Å². The zero-order chi connectivity index (χ0) is 14.0. The van der Waals surface area contributed by atoms with Crippen LogP contribution in [0.25, 0.3) is 0 Å². The maximum Gasteiger partial charge on any atom is 0.233 e. The van der Waals surface area contributed by atoms with E-state index in [0.717, 1.165) is 15.8 Å². The van der Waals surface area contributed by atoms with Crippen LogP contribution in [0, 0.1) is 6.92 Å². The molecule has 0 spiro atoms. The zero-order valence-corrected chi connectivity index (χ0v) is 13.3. The Morgan fingerprint density at radius 3 is 2.47 bits per heavy atom. The lowest BCUT2D eigenvalue weighted by Gasteiger charge is -2.22. The van der Waals surface area contributed by atoms with E-state index in [4.69, 9.17) is 4.74 Å². The van der Waals surface area contributed by atoms with Gasteiger partial charge in [0.25, 0.3) is 0 Å². The number of hydrogen-bond acceptors (Lipinski definition) is 2. The third-order valence-electron chi connectivity index (χ3n) is 2.95. The smallest absolute Gasteiger partial charge is 0.233 e. The van der Waals surface area contributed by atoms with E-state index in [-0.39, 0.29) is 5.41 Å². The molecule has 3 heteroatoms. The molecule has 100 valence electrons. The molecular weight excluding hydrogens is 302 g/mol. The highest BCUT2D eigenvalue weighted by Crippen LogP contribution is 2.36. The molecule has 0 aliphatic rings. The molecule has 0 radical (unpaired) electrons. The molecule has 1 aromatic carbocycles. The summed E-state index contributed by atoms with van der Waals surface area (Å²) in [6, 6.07) is 10.0. The Kier molecular flexibility index (Phi) is 3.95. The summed E-state index contributed by atoms with van der Waals surface area (Å²) in [5.41, 5.74) is 2.32. The number of ether oxygens (including phenoxy) is 1. The van der Waals surface area contributed by atoms with Crippen molar-refractivity contribution in [3.63, 3.8) is 0 Å². The van der Waals surface area contributed by atoms with E-state index in [1.165, 1.54) is 5.56 Å². The van der Waals surface area contributed by atoms with E-state index in [0.29, 0.717) is 5.88 Å². The van der Waals surface area contributed by atoms with E-state index in [1.807, 2.05) is 31.2 Å². The molecule has 2 nitrogen and oxygen atoms in total. The molecule has 1 heterocycles. The first-order chi connectivity index (χ1) is 8.89. The van der Waals surface area contributed by atoms with Crippen molar-refractivity contribution in [1.29, 1.82) is 0 Å². The van der Waals surface area contributed by atoms with Crippen molar-refractivity contribution in [2.75, 3.05) is 0 Å². The molecule has 0 aliphatic heterocycles. The summed E-state index contributed by atoms with van der Waals surface area (Å²) in [6.07, 6.45) is 1.76. The van der Waals surface area contributed by atoms with Gasteiger partial charge in [-0.1, -0.05) is 39.0 Å². The second-order valence-corrected chi connectivity index (χ2v) is 6.39. The van der Waals surface area contributed by atoms with Crippen LogP contribution in [-0.2, 0) is 5.41 Å². The average molecular weight is 320 g/mol. The fraction of sp³-hybridized carbons (Fsp3) is 0.312. The third-order valence-corrected chi connectivity index (χ3v) is 3.92. The van der Waals surface area contributed by atoms with Crippen LogP contribution in [0.4, 0.5) is 0 Å². The monoisotopic (exact) mass is 319 g/mol. The van der Waals surface area contributed by atoms with Crippen LogP contribution in [0.15, 0.2) is 41.0 Å². The van der Waals surface area contributed by atoms with Crippen LogP contribution in [0.3, 0.4) is 0 Å². The van der Waals surface area contributed by atoms with Gasteiger partial charge in [-0.25, -0.2) is 4.98 Å². The van der Waals surface area contributed by atoms with Gasteiger partial charge in [-0.3, -0.25) is 0 Å². The van der Waals surface area contributed by atoms with E-state index in [1.54, 1.807) is 6.20 Å². The zero-order valence-electron chi connectivity index (χ0n) is 11.7. The van der Waals surface area contributed by atoms with Gasteiger partial charge in [0.2, 0.25) is 5.88 Å². The highest BCUT2D eigenvalue weighted by molar-refractivity contribution is 9.10. The Labute approximate surface area is 123 Å². The first-order valence-corrected chi connectivity index (χ1v) is 7.07. The van der Waals surface area contributed by atoms with Crippen LogP contribution in [0.1, 0.15) is 31.9 Å². The molecule has 1 aromatic heterocycles. The summed E-state index contributed by atoms with van der Waals surface area (Å²) < 4.78 is 6.89. The van der Waals surface area contributed by atoms with Crippen molar-refractivity contribution in [1.82, 2.24) is 4.98 Å². The predicted octanol–water partition coefficient (Wildman–Crippen LogP) is 5.24. The van der Waals surface area contributed by atoms with Gasteiger partial charge in [0, 0.05) is 11.8 Å². The number of pyridine rings is 1. The quantitative estimate of drug-likeness (QED) is 0.754. The van der Waals surface area contributed by atoms with Crippen molar-refractivity contribution < 1.29 is 4.74 Å². The summed E-state index contributed by atoms with van der Waals surface area (Å²) in [7, 11) is 0. The van der Waals surface area contributed by atoms with E-state index < -0.39 is 0 Å². The Morgan fingerprint density at radius 1 is 1.11 bits per heavy atom. The number of halogens is 1.